The summed E-state index contributed by atoms with van der Waals surface area (Å²) in [6, 6.07) is 20.3. The molecule has 0 saturated heterocycles. The topological polar surface area (TPSA) is 81.5 Å². The van der Waals surface area contributed by atoms with E-state index in [9.17, 15) is 13.2 Å². The van der Waals surface area contributed by atoms with Gasteiger partial charge >= 0.3 is 0 Å². The standard InChI is InChI=1S/C26H26BrN3O4S/c1-18-8-14-22(15-9-18)35(32,33)29(16-17-34-3)19(2)25-28-24-7-5-4-6-23(24)26(31)30(25)21-12-10-20(27)11-13-21/h4-15,19H,16-17H2,1-3H3. The predicted octanol–water partition coefficient (Wildman–Crippen LogP) is 4.85. The maximum absolute atomic E-state index is 13.8. The number of halogens is 1. The van der Waals surface area contributed by atoms with E-state index in [0.29, 0.717) is 22.4 Å². The average molecular weight is 556 g/mol. The number of ether oxygens (including phenoxy) is 1. The predicted molar refractivity (Wildman–Crippen MR) is 140 cm³/mol. The van der Waals surface area contributed by atoms with E-state index in [1.54, 1.807) is 67.6 Å². The molecule has 0 aliphatic carbocycles. The zero-order valence-electron chi connectivity index (χ0n) is 19.7. The molecular formula is C26H26BrN3O4S. The van der Waals surface area contributed by atoms with Crippen LogP contribution in [0.5, 0.6) is 0 Å². The van der Waals surface area contributed by atoms with Crippen LogP contribution in [0.3, 0.4) is 0 Å². The highest BCUT2D eigenvalue weighted by molar-refractivity contribution is 9.10. The molecule has 0 bridgehead atoms. The summed E-state index contributed by atoms with van der Waals surface area (Å²) < 4.78 is 36.4. The lowest BCUT2D eigenvalue weighted by molar-refractivity contribution is 0.166. The quantitative estimate of drug-likeness (QED) is 0.310. The fourth-order valence-corrected chi connectivity index (χ4v) is 5.79. The van der Waals surface area contributed by atoms with Crippen molar-refractivity contribution in [3.63, 3.8) is 0 Å². The molecule has 0 fully saturated rings. The number of aryl methyl sites for hydroxylation is 1. The van der Waals surface area contributed by atoms with Gasteiger partial charge in [-0.2, -0.15) is 4.31 Å². The van der Waals surface area contributed by atoms with Crippen LogP contribution in [-0.2, 0) is 14.8 Å². The van der Waals surface area contributed by atoms with Crippen molar-refractivity contribution in [3.8, 4) is 5.69 Å². The van der Waals surface area contributed by atoms with Crippen LogP contribution in [0.4, 0.5) is 0 Å². The molecule has 1 atom stereocenters. The fraction of sp³-hybridized carbons (Fsp3) is 0.231. The van der Waals surface area contributed by atoms with Gasteiger partial charge in [-0.1, -0.05) is 45.8 Å². The highest BCUT2D eigenvalue weighted by Crippen LogP contribution is 2.28. The first kappa shape index (κ1) is 25.2. The van der Waals surface area contributed by atoms with Crippen molar-refractivity contribution in [2.24, 2.45) is 0 Å². The van der Waals surface area contributed by atoms with Crippen LogP contribution in [-0.4, -0.2) is 42.5 Å². The van der Waals surface area contributed by atoms with Crippen molar-refractivity contribution in [1.29, 1.82) is 0 Å². The van der Waals surface area contributed by atoms with E-state index < -0.39 is 16.1 Å². The van der Waals surface area contributed by atoms with Crippen LogP contribution < -0.4 is 5.56 Å². The lowest BCUT2D eigenvalue weighted by atomic mass is 10.2. The van der Waals surface area contributed by atoms with E-state index in [2.05, 4.69) is 15.9 Å². The minimum atomic E-state index is -3.92. The molecule has 1 heterocycles. The van der Waals surface area contributed by atoms with Crippen LogP contribution >= 0.6 is 15.9 Å². The number of fused-ring (bicyclic) bond motifs is 1. The van der Waals surface area contributed by atoms with Crippen LogP contribution in [0.1, 0.15) is 24.4 Å². The molecule has 9 heteroatoms. The van der Waals surface area contributed by atoms with Gasteiger partial charge in [0, 0.05) is 18.1 Å². The van der Waals surface area contributed by atoms with Gasteiger partial charge in [-0.3, -0.25) is 9.36 Å². The third-order valence-corrected chi connectivity index (χ3v) is 8.35. The molecular weight excluding hydrogens is 530 g/mol. The lowest BCUT2D eigenvalue weighted by Crippen LogP contribution is -2.39. The number of sulfonamides is 1. The van der Waals surface area contributed by atoms with Crippen molar-refractivity contribution in [3.05, 3.63) is 99.0 Å². The van der Waals surface area contributed by atoms with E-state index in [1.165, 1.54) is 16.0 Å². The van der Waals surface area contributed by atoms with Gasteiger partial charge in [0.2, 0.25) is 10.0 Å². The smallest absolute Gasteiger partial charge is 0.266 e. The third kappa shape index (κ3) is 5.08. The normalized spacial score (nSPS) is 12.8. The first-order valence-corrected chi connectivity index (χ1v) is 13.3. The monoisotopic (exact) mass is 555 g/mol. The molecule has 4 aromatic rings. The van der Waals surface area contributed by atoms with Crippen molar-refractivity contribution < 1.29 is 13.2 Å². The van der Waals surface area contributed by atoms with E-state index in [0.717, 1.165) is 10.0 Å². The molecule has 0 spiro atoms. The fourth-order valence-electron chi connectivity index (χ4n) is 3.95. The Balaban J connectivity index is 1.94. The van der Waals surface area contributed by atoms with Crippen LogP contribution in [0.25, 0.3) is 16.6 Å². The summed E-state index contributed by atoms with van der Waals surface area (Å²) in [6.45, 7) is 3.92. The first-order chi connectivity index (χ1) is 16.7. The van der Waals surface area contributed by atoms with E-state index in [-0.39, 0.29) is 23.6 Å². The Morgan fingerprint density at radius 3 is 2.34 bits per heavy atom. The number of hydrogen-bond acceptors (Lipinski definition) is 5. The van der Waals surface area contributed by atoms with Gasteiger partial charge in [-0.05, 0) is 62.4 Å². The van der Waals surface area contributed by atoms with Gasteiger partial charge in [0.15, 0.2) is 0 Å². The summed E-state index contributed by atoms with van der Waals surface area (Å²) in [5.41, 5.74) is 1.80. The Labute approximate surface area is 213 Å². The zero-order chi connectivity index (χ0) is 25.2. The Morgan fingerprint density at radius 2 is 1.69 bits per heavy atom. The molecule has 35 heavy (non-hydrogen) atoms. The minimum Gasteiger partial charge on any atom is -0.383 e. The number of benzene rings is 3. The molecule has 7 nitrogen and oxygen atoms in total. The second-order valence-electron chi connectivity index (χ2n) is 8.20. The molecule has 0 amide bonds. The number of para-hydroxylation sites is 1. The van der Waals surface area contributed by atoms with Gasteiger partial charge in [0.25, 0.3) is 5.56 Å². The Bertz CT molecular complexity index is 1500. The molecule has 0 radical (unpaired) electrons. The summed E-state index contributed by atoms with van der Waals surface area (Å²) in [5.74, 6) is 0.322. The summed E-state index contributed by atoms with van der Waals surface area (Å²) in [4.78, 5) is 18.6. The number of rotatable bonds is 8. The maximum atomic E-state index is 13.8. The maximum Gasteiger partial charge on any atom is 0.266 e. The number of hydrogen-bond donors (Lipinski definition) is 0. The zero-order valence-corrected chi connectivity index (χ0v) is 22.1. The summed E-state index contributed by atoms with van der Waals surface area (Å²) in [7, 11) is -2.40. The number of aromatic nitrogens is 2. The molecule has 0 N–H and O–H groups in total. The number of nitrogens with zero attached hydrogens (tertiary/aromatic N) is 3. The third-order valence-electron chi connectivity index (χ3n) is 5.84. The van der Waals surface area contributed by atoms with Gasteiger partial charge in [0.1, 0.15) is 5.82 Å². The first-order valence-electron chi connectivity index (χ1n) is 11.1. The van der Waals surface area contributed by atoms with E-state index in [1.807, 2.05) is 19.1 Å². The van der Waals surface area contributed by atoms with Gasteiger partial charge in [0.05, 0.1) is 34.1 Å². The highest BCUT2D eigenvalue weighted by atomic mass is 79.9. The summed E-state index contributed by atoms with van der Waals surface area (Å²) >= 11 is 3.43. The van der Waals surface area contributed by atoms with Gasteiger partial charge in [-0.15, -0.1) is 0 Å². The second-order valence-corrected chi connectivity index (χ2v) is 11.0. The summed E-state index contributed by atoms with van der Waals surface area (Å²) in [6.07, 6.45) is 0. The minimum absolute atomic E-state index is 0.0942. The Kier molecular flexibility index (Phi) is 7.51. The molecule has 3 aromatic carbocycles. The van der Waals surface area contributed by atoms with Gasteiger partial charge < -0.3 is 4.74 Å². The highest BCUT2D eigenvalue weighted by Gasteiger charge is 2.33. The largest absolute Gasteiger partial charge is 0.383 e. The lowest BCUT2D eigenvalue weighted by Gasteiger charge is -2.29. The van der Waals surface area contributed by atoms with E-state index in [4.69, 9.17) is 9.72 Å². The summed E-state index contributed by atoms with van der Waals surface area (Å²) in [5, 5.41) is 0.455. The Morgan fingerprint density at radius 1 is 1.03 bits per heavy atom. The molecule has 1 aromatic heterocycles. The number of methoxy groups -OCH3 is 1. The van der Waals surface area contributed by atoms with E-state index >= 15 is 0 Å². The molecule has 4 rings (SSSR count). The SMILES string of the molecule is COCCN(C(C)c1nc2ccccc2c(=O)n1-c1ccc(Br)cc1)S(=O)(=O)c1ccc(C)cc1. The van der Waals surface area contributed by atoms with Crippen molar-refractivity contribution in [2.75, 3.05) is 20.3 Å². The molecule has 0 aliphatic heterocycles. The average Bonchev–Trinajstić information content (AvgIpc) is 2.85. The molecule has 0 saturated carbocycles. The van der Waals surface area contributed by atoms with Crippen LogP contribution in [0.15, 0.2) is 87.0 Å². The van der Waals surface area contributed by atoms with Crippen LogP contribution in [0, 0.1) is 6.92 Å². The van der Waals surface area contributed by atoms with Crippen molar-refractivity contribution >= 4 is 36.9 Å². The van der Waals surface area contributed by atoms with Crippen molar-refractivity contribution in [2.45, 2.75) is 24.8 Å². The second kappa shape index (κ2) is 10.4. The molecule has 0 aliphatic rings. The van der Waals surface area contributed by atoms with Crippen molar-refractivity contribution in [1.82, 2.24) is 13.9 Å². The molecule has 1 unspecified atom stereocenters. The van der Waals surface area contributed by atoms with Crippen LogP contribution in [0.2, 0.25) is 0 Å². The van der Waals surface area contributed by atoms with Gasteiger partial charge in [-0.25, -0.2) is 13.4 Å². The molecule has 182 valence electrons. The Hall–Kier alpha value is -2.85.